The molecule has 2 aliphatic rings. The van der Waals surface area contributed by atoms with Gasteiger partial charge in [0.1, 0.15) is 17.8 Å². The molecule has 2 aromatic heterocycles. The molecule has 0 atom stereocenters. The molecule has 1 aromatic carbocycles. The molecular weight excluding hydrogens is 420 g/mol. The predicted molar refractivity (Wildman–Crippen MR) is 125 cm³/mol. The number of nitrogens with two attached hydrogens (primary N) is 1. The van der Waals surface area contributed by atoms with Gasteiger partial charge in [-0.2, -0.15) is 0 Å². The number of piperidine rings is 1. The highest BCUT2D eigenvalue weighted by Crippen LogP contribution is 2.38. The lowest BCUT2D eigenvalue weighted by Crippen LogP contribution is -2.50. The van der Waals surface area contributed by atoms with Crippen LogP contribution in [0.4, 0.5) is 11.5 Å². The lowest BCUT2D eigenvalue weighted by molar-refractivity contribution is -0.126. The number of nitrogens with zero attached hydrogens (tertiary/aromatic N) is 3. The summed E-state index contributed by atoms with van der Waals surface area (Å²) in [6, 6.07) is 6.75. The van der Waals surface area contributed by atoms with Crippen LogP contribution in [0, 0.1) is 5.41 Å². The van der Waals surface area contributed by atoms with Crippen molar-refractivity contribution in [1.82, 2.24) is 15.0 Å². The van der Waals surface area contributed by atoms with Crippen LogP contribution in [-0.4, -0.2) is 53.6 Å². The molecule has 0 spiro atoms. The number of aromatic nitrogens is 3. The molecule has 3 heterocycles. The summed E-state index contributed by atoms with van der Waals surface area (Å²) in [5.74, 6) is 0.374. The molecular formula is C24H28N6O3. The Labute approximate surface area is 191 Å². The lowest BCUT2D eigenvalue weighted by atomic mass is 9.77. The molecule has 33 heavy (non-hydrogen) atoms. The Kier molecular flexibility index (Phi) is 5.49. The Morgan fingerprint density at radius 3 is 2.82 bits per heavy atom. The quantitative estimate of drug-likeness (QED) is 0.512. The minimum atomic E-state index is -0.677. The third-order valence-corrected chi connectivity index (χ3v) is 7.05. The number of esters is 1. The average Bonchev–Trinajstić information content (AvgIpc) is 3.45. The van der Waals surface area contributed by atoms with E-state index >= 15 is 0 Å². The van der Waals surface area contributed by atoms with Crippen LogP contribution in [0.3, 0.4) is 0 Å². The zero-order valence-electron chi connectivity index (χ0n) is 18.7. The van der Waals surface area contributed by atoms with Gasteiger partial charge in [-0.25, -0.2) is 14.8 Å². The van der Waals surface area contributed by atoms with Crippen molar-refractivity contribution in [1.29, 1.82) is 0 Å². The molecule has 9 nitrogen and oxygen atoms in total. The monoisotopic (exact) mass is 448 g/mol. The Bertz CT molecular complexity index is 1210. The number of hydrogen-bond donors (Lipinski definition) is 3. The summed E-state index contributed by atoms with van der Waals surface area (Å²) in [6.07, 6.45) is 6.09. The smallest absolute Gasteiger partial charge is 0.337 e. The molecule has 5 rings (SSSR count). The number of fused-ring (bicyclic) bond motifs is 3. The second-order valence-electron chi connectivity index (χ2n) is 8.85. The van der Waals surface area contributed by atoms with Crippen molar-refractivity contribution in [3.8, 4) is 0 Å². The lowest BCUT2D eigenvalue weighted by Gasteiger charge is -2.40. The number of aromatic amines is 1. The zero-order chi connectivity index (χ0) is 23.0. The number of rotatable bonds is 5. The van der Waals surface area contributed by atoms with E-state index in [1.54, 1.807) is 30.6 Å². The van der Waals surface area contributed by atoms with E-state index in [-0.39, 0.29) is 12.5 Å². The maximum Gasteiger partial charge on any atom is 0.337 e. The number of hydrogen-bond acceptors (Lipinski definition) is 7. The maximum atomic E-state index is 13.3. The average molecular weight is 449 g/mol. The van der Waals surface area contributed by atoms with E-state index in [0.29, 0.717) is 37.2 Å². The molecule has 4 N–H and O–H groups in total. The number of carbonyl (C=O) groups excluding carboxylic acids is 2. The van der Waals surface area contributed by atoms with Gasteiger partial charge in [0.2, 0.25) is 5.91 Å². The fraction of sp³-hybridized carbons (Fsp3) is 0.417. The Balaban J connectivity index is 1.33. The van der Waals surface area contributed by atoms with Crippen LogP contribution in [-0.2, 0) is 22.4 Å². The van der Waals surface area contributed by atoms with E-state index in [2.05, 4.69) is 25.2 Å². The van der Waals surface area contributed by atoms with Gasteiger partial charge in [0.15, 0.2) is 0 Å². The number of benzene rings is 1. The number of amides is 1. The molecule has 1 aliphatic carbocycles. The van der Waals surface area contributed by atoms with E-state index in [0.717, 1.165) is 36.1 Å². The Morgan fingerprint density at radius 2 is 2.06 bits per heavy atom. The van der Waals surface area contributed by atoms with Gasteiger partial charge in [-0.15, -0.1) is 0 Å². The molecule has 0 unspecified atom stereocenters. The van der Waals surface area contributed by atoms with Crippen molar-refractivity contribution >= 4 is 34.4 Å². The van der Waals surface area contributed by atoms with E-state index in [9.17, 15) is 9.59 Å². The predicted octanol–water partition coefficient (Wildman–Crippen LogP) is 2.42. The summed E-state index contributed by atoms with van der Waals surface area (Å²) in [4.78, 5) is 39.8. The van der Waals surface area contributed by atoms with Crippen LogP contribution < -0.4 is 16.0 Å². The Hall–Kier alpha value is -3.46. The van der Waals surface area contributed by atoms with Gasteiger partial charge < -0.3 is 25.7 Å². The first-order chi connectivity index (χ1) is 16.0. The van der Waals surface area contributed by atoms with Crippen molar-refractivity contribution in [3.63, 3.8) is 0 Å². The summed E-state index contributed by atoms with van der Waals surface area (Å²) in [5.41, 5.74) is 9.90. The van der Waals surface area contributed by atoms with Crippen LogP contribution in [0.25, 0.3) is 11.0 Å². The van der Waals surface area contributed by atoms with Crippen LogP contribution in [0.5, 0.6) is 0 Å². The van der Waals surface area contributed by atoms with Crippen LogP contribution >= 0.6 is 0 Å². The first-order valence-corrected chi connectivity index (χ1v) is 11.3. The molecule has 1 aliphatic heterocycles. The minimum Gasteiger partial charge on any atom is -0.465 e. The van der Waals surface area contributed by atoms with Crippen LogP contribution in [0.1, 0.15) is 40.9 Å². The highest BCUT2D eigenvalue weighted by molar-refractivity contribution is 5.98. The Morgan fingerprint density at radius 1 is 1.24 bits per heavy atom. The molecule has 1 amide bonds. The molecule has 0 saturated carbocycles. The second kappa shape index (κ2) is 8.47. The summed E-state index contributed by atoms with van der Waals surface area (Å²) in [5, 5.41) is 4.08. The number of aryl methyl sites for hydroxylation is 2. The molecule has 1 saturated heterocycles. The standard InChI is InChI=1S/C24H28N6O3/c1-33-22(31)15-4-2-5-16(12-15)28-23(32)24(13-25)8-10-30(11-9-24)21-19-17-6-3-7-18(17)29-20(19)26-14-27-21/h2,4-5,12,14H,3,6-11,13,25H2,1H3,(H,28,32)(H,26,27,29). The third-order valence-electron chi connectivity index (χ3n) is 7.05. The number of methoxy groups -OCH3 is 1. The zero-order valence-corrected chi connectivity index (χ0v) is 18.7. The van der Waals surface area contributed by atoms with E-state index < -0.39 is 11.4 Å². The largest absolute Gasteiger partial charge is 0.465 e. The highest BCUT2D eigenvalue weighted by Gasteiger charge is 2.41. The van der Waals surface area contributed by atoms with Crippen molar-refractivity contribution < 1.29 is 14.3 Å². The van der Waals surface area contributed by atoms with Crippen molar-refractivity contribution in [2.45, 2.75) is 32.1 Å². The van der Waals surface area contributed by atoms with Gasteiger partial charge in [-0.1, -0.05) is 6.07 Å². The number of H-pyrrole nitrogens is 1. The van der Waals surface area contributed by atoms with Crippen LogP contribution in [0.2, 0.25) is 0 Å². The van der Waals surface area contributed by atoms with Gasteiger partial charge in [0.25, 0.3) is 0 Å². The third kappa shape index (κ3) is 3.72. The maximum absolute atomic E-state index is 13.3. The summed E-state index contributed by atoms with van der Waals surface area (Å²) in [6.45, 7) is 1.61. The van der Waals surface area contributed by atoms with E-state index in [1.165, 1.54) is 18.4 Å². The van der Waals surface area contributed by atoms with Crippen molar-refractivity contribution in [3.05, 3.63) is 47.4 Å². The van der Waals surface area contributed by atoms with Gasteiger partial charge in [-0.05, 0) is 55.9 Å². The molecule has 0 bridgehead atoms. The molecule has 1 fully saturated rings. The fourth-order valence-corrected chi connectivity index (χ4v) is 5.07. The number of ether oxygens (including phenoxy) is 1. The second-order valence-corrected chi connectivity index (χ2v) is 8.85. The van der Waals surface area contributed by atoms with E-state index in [4.69, 9.17) is 10.5 Å². The first kappa shape index (κ1) is 21.4. The van der Waals surface area contributed by atoms with Gasteiger partial charge >= 0.3 is 5.97 Å². The summed E-state index contributed by atoms with van der Waals surface area (Å²) in [7, 11) is 1.33. The fourth-order valence-electron chi connectivity index (χ4n) is 5.07. The summed E-state index contributed by atoms with van der Waals surface area (Å²) >= 11 is 0. The summed E-state index contributed by atoms with van der Waals surface area (Å²) < 4.78 is 4.77. The number of anilines is 2. The van der Waals surface area contributed by atoms with Crippen molar-refractivity contribution in [2.75, 3.05) is 37.0 Å². The van der Waals surface area contributed by atoms with Gasteiger partial charge in [-0.3, -0.25) is 4.79 Å². The number of carbonyl (C=O) groups is 2. The topological polar surface area (TPSA) is 126 Å². The molecule has 3 aromatic rings. The van der Waals surface area contributed by atoms with Gasteiger partial charge in [0.05, 0.1) is 23.5 Å². The SMILES string of the molecule is COC(=O)c1cccc(NC(=O)C2(CN)CCN(c3ncnc4[nH]c5c(c34)CCC5)CC2)c1. The normalized spacial score (nSPS) is 17.1. The van der Waals surface area contributed by atoms with E-state index in [1.807, 2.05) is 0 Å². The number of nitrogens with one attached hydrogen (secondary N) is 2. The molecule has 9 heteroatoms. The van der Waals surface area contributed by atoms with Gasteiger partial charge in [0, 0.05) is 31.0 Å². The molecule has 172 valence electrons. The molecule has 0 radical (unpaired) electrons. The highest BCUT2D eigenvalue weighted by atomic mass is 16.5. The minimum absolute atomic E-state index is 0.123. The van der Waals surface area contributed by atoms with Crippen molar-refractivity contribution in [2.24, 2.45) is 11.1 Å². The van der Waals surface area contributed by atoms with Crippen LogP contribution in [0.15, 0.2) is 30.6 Å². The first-order valence-electron chi connectivity index (χ1n) is 11.3.